The third-order valence-electron chi connectivity index (χ3n) is 6.78. The van der Waals surface area contributed by atoms with E-state index in [0.29, 0.717) is 27.8 Å². The fourth-order valence-electron chi connectivity index (χ4n) is 4.22. The van der Waals surface area contributed by atoms with E-state index in [0.717, 1.165) is 28.7 Å². The standard InChI is InChI=1S/C31H36Cl2N2O3/c1-6-22(4)34-31(37)28(17-24-11-8-7-9-12-24)35(18-25-26(32)13-10-14-27(25)33)30(36)19-38-29-16-20(2)15-21(3)23(29)5/h7-16,22,28H,6,17-19H2,1-5H3,(H,34,37)/t22-,28-/m0/s1. The topological polar surface area (TPSA) is 58.6 Å². The SMILES string of the molecule is CC[C@H](C)NC(=O)[C@H](Cc1ccccc1)N(Cc1c(Cl)cccc1Cl)C(=O)COc1cc(C)cc(C)c1C. The molecule has 2 amide bonds. The molecule has 1 N–H and O–H groups in total. The van der Waals surface area contributed by atoms with E-state index in [1.165, 1.54) is 4.90 Å². The lowest BCUT2D eigenvalue weighted by Gasteiger charge is -2.32. The van der Waals surface area contributed by atoms with Crippen LogP contribution in [0.15, 0.2) is 60.7 Å². The molecule has 0 aliphatic carbocycles. The Bertz CT molecular complexity index is 1240. The molecule has 2 atom stereocenters. The molecule has 7 heteroatoms. The Hall–Kier alpha value is -3.02. The first-order valence-electron chi connectivity index (χ1n) is 12.9. The van der Waals surface area contributed by atoms with Crippen LogP contribution in [0.1, 0.15) is 48.1 Å². The fraction of sp³-hybridized carbons (Fsp3) is 0.355. The monoisotopic (exact) mass is 554 g/mol. The van der Waals surface area contributed by atoms with Crippen LogP contribution in [0, 0.1) is 20.8 Å². The molecule has 5 nitrogen and oxygen atoms in total. The lowest BCUT2D eigenvalue weighted by atomic mass is 10.0. The van der Waals surface area contributed by atoms with Crippen LogP contribution in [-0.4, -0.2) is 35.4 Å². The largest absolute Gasteiger partial charge is 0.483 e. The maximum atomic E-state index is 13.9. The summed E-state index contributed by atoms with van der Waals surface area (Å²) in [5.74, 6) is 0.0809. The molecular formula is C31H36Cl2N2O3. The molecule has 3 aromatic carbocycles. The van der Waals surface area contributed by atoms with Gasteiger partial charge in [-0.2, -0.15) is 0 Å². The van der Waals surface area contributed by atoms with Crippen molar-refractivity contribution in [3.05, 3.63) is 98.5 Å². The highest BCUT2D eigenvalue weighted by Gasteiger charge is 2.32. The fourth-order valence-corrected chi connectivity index (χ4v) is 4.74. The van der Waals surface area contributed by atoms with E-state index in [9.17, 15) is 9.59 Å². The Morgan fingerprint density at radius 1 is 0.974 bits per heavy atom. The molecule has 0 spiro atoms. The van der Waals surface area contributed by atoms with Gasteiger partial charge in [0.15, 0.2) is 6.61 Å². The van der Waals surface area contributed by atoms with Crippen LogP contribution in [0.25, 0.3) is 0 Å². The number of carbonyl (C=O) groups excluding carboxylic acids is 2. The van der Waals surface area contributed by atoms with Crippen molar-refractivity contribution in [2.75, 3.05) is 6.61 Å². The molecular weight excluding hydrogens is 519 g/mol. The van der Waals surface area contributed by atoms with Crippen LogP contribution in [0.2, 0.25) is 10.0 Å². The summed E-state index contributed by atoms with van der Waals surface area (Å²) in [6.45, 7) is 9.75. The van der Waals surface area contributed by atoms with Gasteiger partial charge in [-0.25, -0.2) is 0 Å². The first-order valence-corrected chi connectivity index (χ1v) is 13.6. The zero-order valence-electron chi connectivity index (χ0n) is 22.7. The summed E-state index contributed by atoms with van der Waals surface area (Å²) < 4.78 is 6.03. The second kappa shape index (κ2) is 13.7. The highest BCUT2D eigenvalue weighted by molar-refractivity contribution is 6.36. The number of rotatable bonds is 11. The predicted octanol–water partition coefficient (Wildman–Crippen LogP) is 6.85. The number of hydrogen-bond donors (Lipinski definition) is 1. The van der Waals surface area contributed by atoms with E-state index in [1.807, 2.05) is 71.0 Å². The highest BCUT2D eigenvalue weighted by Crippen LogP contribution is 2.28. The number of halogens is 2. The van der Waals surface area contributed by atoms with Gasteiger partial charge in [0, 0.05) is 34.6 Å². The zero-order chi connectivity index (χ0) is 27.8. The van der Waals surface area contributed by atoms with E-state index >= 15 is 0 Å². The normalized spacial score (nSPS) is 12.5. The predicted molar refractivity (Wildman–Crippen MR) is 155 cm³/mol. The first-order chi connectivity index (χ1) is 18.1. The minimum Gasteiger partial charge on any atom is -0.483 e. The number of hydrogen-bond acceptors (Lipinski definition) is 3. The van der Waals surface area contributed by atoms with Gasteiger partial charge in [0.05, 0.1) is 0 Å². The second-order valence-corrected chi connectivity index (χ2v) is 10.6. The van der Waals surface area contributed by atoms with Crippen molar-refractivity contribution in [3.63, 3.8) is 0 Å². The molecule has 3 aromatic rings. The molecule has 0 heterocycles. The molecule has 0 unspecified atom stereocenters. The van der Waals surface area contributed by atoms with Crippen molar-refractivity contribution in [1.29, 1.82) is 0 Å². The number of nitrogens with zero attached hydrogens (tertiary/aromatic N) is 1. The van der Waals surface area contributed by atoms with Gasteiger partial charge < -0.3 is 15.0 Å². The molecule has 0 fully saturated rings. The number of nitrogens with one attached hydrogen (secondary N) is 1. The molecule has 202 valence electrons. The van der Waals surface area contributed by atoms with E-state index in [4.69, 9.17) is 27.9 Å². The van der Waals surface area contributed by atoms with Crippen LogP contribution >= 0.6 is 23.2 Å². The Morgan fingerprint density at radius 2 is 1.63 bits per heavy atom. The number of ether oxygens (including phenoxy) is 1. The van der Waals surface area contributed by atoms with Gasteiger partial charge in [-0.05, 0) is 74.6 Å². The van der Waals surface area contributed by atoms with Crippen LogP contribution in [-0.2, 0) is 22.6 Å². The third kappa shape index (κ3) is 7.75. The lowest BCUT2D eigenvalue weighted by Crippen LogP contribution is -2.53. The molecule has 0 saturated carbocycles. The number of amides is 2. The summed E-state index contributed by atoms with van der Waals surface area (Å²) in [6, 6.07) is 18.0. The molecule has 0 aliphatic rings. The summed E-state index contributed by atoms with van der Waals surface area (Å²) in [5.41, 5.74) is 4.62. The molecule has 0 radical (unpaired) electrons. The van der Waals surface area contributed by atoms with E-state index < -0.39 is 6.04 Å². The van der Waals surface area contributed by atoms with Crippen LogP contribution in [0.5, 0.6) is 5.75 Å². The smallest absolute Gasteiger partial charge is 0.261 e. The van der Waals surface area contributed by atoms with Crippen molar-refractivity contribution in [2.24, 2.45) is 0 Å². The average molecular weight is 556 g/mol. The summed E-state index contributed by atoms with van der Waals surface area (Å²) >= 11 is 13.0. The van der Waals surface area contributed by atoms with Gasteiger partial charge in [-0.15, -0.1) is 0 Å². The van der Waals surface area contributed by atoms with E-state index in [-0.39, 0.29) is 31.0 Å². The molecule has 3 rings (SSSR count). The van der Waals surface area contributed by atoms with Crippen LogP contribution in [0.3, 0.4) is 0 Å². The van der Waals surface area contributed by atoms with Gasteiger partial charge in [-0.1, -0.05) is 72.6 Å². The first kappa shape index (κ1) is 29.5. The maximum absolute atomic E-state index is 13.9. The molecule has 0 aliphatic heterocycles. The molecule has 0 saturated heterocycles. The highest BCUT2D eigenvalue weighted by atomic mass is 35.5. The Balaban J connectivity index is 1.99. The second-order valence-electron chi connectivity index (χ2n) is 9.74. The van der Waals surface area contributed by atoms with Crippen LogP contribution in [0.4, 0.5) is 0 Å². The van der Waals surface area contributed by atoms with Gasteiger partial charge in [0.2, 0.25) is 5.91 Å². The minimum absolute atomic E-state index is 0.0456. The molecule has 0 bridgehead atoms. The Labute approximate surface area is 236 Å². The number of benzene rings is 3. The van der Waals surface area contributed by atoms with E-state index in [2.05, 4.69) is 11.4 Å². The summed E-state index contributed by atoms with van der Waals surface area (Å²) in [7, 11) is 0. The average Bonchev–Trinajstić information content (AvgIpc) is 2.89. The van der Waals surface area contributed by atoms with Crippen LogP contribution < -0.4 is 10.1 Å². The van der Waals surface area contributed by atoms with Gasteiger partial charge >= 0.3 is 0 Å². The summed E-state index contributed by atoms with van der Waals surface area (Å²) in [5, 5.41) is 3.92. The van der Waals surface area contributed by atoms with E-state index in [1.54, 1.807) is 18.2 Å². The number of carbonyl (C=O) groups is 2. The minimum atomic E-state index is -0.796. The van der Waals surface area contributed by atoms with Crippen molar-refractivity contribution < 1.29 is 14.3 Å². The van der Waals surface area contributed by atoms with Gasteiger partial charge in [-0.3, -0.25) is 9.59 Å². The van der Waals surface area contributed by atoms with Gasteiger partial charge in [0.25, 0.3) is 5.91 Å². The number of aryl methyl sites for hydroxylation is 2. The van der Waals surface area contributed by atoms with Crippen molar-refractivity contribution >= 4 is 35.0 Å². The zero-order valence-corrected chi connectivity index (χ0v) is 24.2. The van der Waals surface area contributed by atoms with Crippen molar-refractivity contribution in [1.82, 2.24) is 10.2 Å². The molecule has 0 aromatic heterocycles. The summed E-state index contributed by atoms with van der Waals surface area (Å²) in [4.78, 5) is 29.0. The Kier molecular flexibility index (Phi) is 10.6. The molecule has 38 heavy (non-hydrogen) atoms. The van der Waals surface area contributed by atoms with Gasteiger partial charge in [0.1, 0.15) is 11.8 Å². The maximum Gasteiger partial charge on any atom is 0.261 e. The summed E-state index contributed by atoms with van der Waals surface area (Å²) in [6.07, 6.45) is 1.10. The lowest BCUT2D eigenvalue weighted by molar-refractivity contribution is -0.143. The third-order valence-corrected chi connectivity index (χ3v) is 7.49. The quantitative estimate of drug-likeness (QED) is 0.282. The Morgan fingerprint density at radius 3 is 2.26 bits per heavy atom. The van der Waals surface area contributed by atoms with Crippen molar-refractivity contribution in [2.45, 2.75) is 66.1 Å². The van der Waals surface area contributed by atoms with Crippen molar-refractivity contribution in [3.8, 4) is 5.75 Å².